The van der Waals surface area contributed by atoms with Crippen molar-refractivity contribution in [3.63, 3.8) is 0 Å². The van der Waals surface area contributed by atoms with Crippen LogP contribution < -0.4 is 10.9 Å². The number of aryl methyl sites for hydroxylation is 1. The molecule has 0 aliphatic rings. The summed E-state index contributed by atoms with van der Waals surface area (Å²) in [5, 5.41) is 5.11. The van der Waals surface area contributed by atoms with Crippen LogP contribution in [0.15, 0.2) is 77.2 Å². The number of thiophene rings is 1. The van der Waals surface area contributed by atoms with Crippen molar-refractivity contribution >= 4 is 39.1 Å². The number of aromatic nitrogens is 2. The fourth-order valence-corrected chi connectivity index (χ4v) is 3.85. The first kappa shape index (κ1) is 20.5. The minimum absolute atomic E-state index is 0.0366. The van der Waals surface area contributed by atoms with Crippen molar-refractivity contribution in [3.8, 4) is 11.1 Å². The Balaban J connectivity index is 1.31. The number of carbonyl (C=O) groups excluding carboxylic acids is 2. The standard InChI is InChI=1S/C23H19N3O4S/c27-20(25-19-9-5-4-8-17(19)16-6-2-1-3-7-16)14-30-21(28)10-12-26-15-24-22-18(23(26)29)11-13-31-22/h1-9,11,13,15H,10,12,14H2,(H,25,27). The highest BCUT2D eigenvalue weighted by atomic mass is 32.1. The van der Waals surface area contributed by atoms with Crippen molar-refractivity contribution in [3.05, 3.63) is 82.7 Å². The summed E-state index contributed by atoms with van der Waals surface area (Å²) in [6.45, 7) is -0.270. The zero-order valence-corrected chi connectivity index (χ0v) is 17.3. The summed E-state index contributed by atoms with van der Waals surface area (Å²) in [6, 6.07) is 18.8. The summed E-state index contributed by atoms with van der Waals surface area (Å²) < 4.78 is 6.44. The molecule has 2 aromatic heterocycles. The number of para-hydroxylation sites is 1. The number of rotatable bonds is 7. The Labute approximate surface area is 181 Å². The molecule has 7 nitrogen and oxygen atoms in total. The molecule has 0 atom stereocenters. The minimum atomic E-state index is -0.566. The van der Waals surface area contributed by atoms with Gasteiger partial charge in [-0.15, -0.1) is 11.3 Å². The molecule has 0 spiro atoms. The largest absolute Gasteiger partial charge is 0.456 e. The quantitative estimate of drug-likeness (QED) is 0.449. The van der Waals surface area contributed by atoms with Crippen LogP contribution >= 0.6 is 11.3 Å². The normalized spacial score (nSPS) is 10.7. The number of benzene rings is 2. The van der Waals surface area contributed by atoms with Crippen LogP contribution in [0.25, 0.3) is 21.3 Å². The number of ether oxygens (including phenoxy) is 1. The highest BCUT2D eigenvalue weighted by Gasteiger charge is 2.12. The fraction of sp³-hybridized carbons (Fsp3) is 0.130. The van der Waals surface area contributed by atoms with E-state index in [1.54, 1.807) is 17.5 Å². The van der Waals surface area contributed by atoms with Gasteiger partial charge < -0.3 is 10.1 Å². The van der Waals surface area contributed by atoms with Gasteiger partial charge in [-0.3, -0.25) is 19.0 Å². The van der Waals surface area contributed by atoms with E-state index in [1.165, 1.54) is 22.2 Å². The number of anilines is 1. The molecular weight excluding hydrogens is 414 g/mol. The average Bonchev–Trinajstić information content (AvgIpc) is 3.28. The molecule has 0 bridgehead atoms. The van der Waals surface area contributed by atoms with Gasteiger partial charge in [0.15, 0.2) is 6.61 Å². The fourth-order valence-electron chi connectivity index (χ4n) is 3.13. The molecule has 156 valence electrons. The van der Waals surface area contributed by atoms with E-state index in [4.69, 9.17) is 4.74 Å². The molecule has 2 heterocycles. The third-order valence-electron chi connectivity index (χ3n) is 4.66. The van der Waals surface area contributed by atoms with Gasteiger partial charge >= 0.3 is 5.97 Å². The molecule has 1 N–H and O–H groups in total. The second-order valence-corrected chi connectivity index (χ2v) is 7.65. The van der Waals surface area contributed by atoms with E-state index in [9.17, 15) is 14.4 Å². The Bertz CT molecular complexity index is 1280. The van der Waals surface area contributed by atoms with Gasteiger partial charge in [-0.2, -0.15) is 0 Å². The Morgan fingerprint density at radius 3 is 2.65 bits per heavy atom. The van der Waals surface area contributed by atoms with Crippen LogP contribution in [-0.4, -0.2) is 28.0 Å². The lowest BCUT2D eigenvalue weighted by Crippen LogP contribution is -2.24. The van der Waals surface area contributed by atoms with Crippen molar-refractivity contribution in [2.24, 2.45) is 0 Å². The smallest absolute Gasteiger partial charge is 0.308 e. The van der Waals surface area contributed by atoms with Crippen LogP contribution in [0.2, 0.25) is 0 Å². The minimum Gasteiger partial charge on any atom is -0.456 e. The summed E-state index contributed by atoms with van der Waals surface area (Å²) >= 11 is 1.39. The van der Waals surface area contributed by atoms with Gasteiger partial charge in [0.1, 0.15) is 4.83 Å². The van der Waals surface area contributed by atoms with E-state index in [1.807, 2.05) is 48.5 Å². The number of fused-ring (bicyclic) bond motifs is 1. The topological polar surface area (TPSA) is 90.3 Å². The number of nitrogens with zero attached hydrogens (tertiary/aromatic N) is 2. The van der Waals surface area contributed by atoms with E-state index in [2.05, 4.69) is 10.3 Å². The SMILES string of the molecule is O=C(COC(=O)CCn1cnc2sccc2c1=O)Nc1ccccc1-c1ccccc1. The van der Waals surface area contributed by atoms with Gasteiger partial charge in [-0.05, 0) is 23.1 Å². The Morgan fingerprint density at radius 2 is 1.81 bits per heavy atom. The van der Waals surface area contributed by atoms with Crippen LogP contribution in [0.1, 0.15) is 6.42 Å². The molecule has 4 aromatic rings. The van der Waals surface area contributed by atoms with Crippen LogP contribution in [0.3, 0.4) is 0 Å². The zero-order chi connectivity index (χ0) is 21.6. The number of nitrogens with one attached hydrogen (secondary N) is 1. The van der Waals surface area contributed by atoms with Gasteiger partial charge in [0, 0.05) is 17.8 Å². The lowest BCUT2D eigenvalue weighted by Gasteiger charge is -2.11. The second kappa shape index (κ2) is 9.36. The molecule has 8 heteroatoms. The molecule has 0 saturated carbocycles. The molecule has 2 aromatic carbocycles. The van der Waals surface area contributed by atoms with Crippen molar-refractivity contribution in [1.29, 1.82) is 0 Å². The first-order valence-corrected chi connectivity index (χ1v) is 10.5. The van der Waals surface area contributed by atoms with Crippen LogP contribution in [0.5, 0.6) is 0 Å². The maximum atomic E-state index is 12.3. The van der Waals surface area contributed by atoms with E-state index >= 15 is 0 Å². The van der Waals surface area contributed by atoms with Crippen molar-refractivity contribution < 1.29 is 14.3 Å². The Morgan fingerprint density at radius 1 is 1.03 bits per heavy atom. The first-order valence-electron chi connectivity index (χ1n) is 9.64. The molecule has 0 aliphatic carbocycles. The maximum absolute atomic E-state index is 12.3. The summed E-state index contributed by atoms with van der Waals surface area (Å²) in [5.74, 6) is -1.00. The molecule has 4 rings (SSSR count). The van der Waals surface area contributed by atoms with Gasteiger partial charge in [0.25, 0.3) is 11.5 Å². The highest BCUT2D eigenvalue weighted by Crippen LogP contribution is 2.27. The number of amides is 1. The number of carbonyl (C=O) groups is 2. The molecule has 0 saturated heterocycles. The number of hydrogen-bond donors (Lipinski definition) is 1. The van der Waals surface area contributed by atoms with Gasteiger partial charge in [0.05, 0.1) is 18.1 Å². The van der Waals surface area contributed by atoms with E-state index in [0.29, 0.717) is 15.9 Å². The highest BCUT2D eigenvalue weighted by molar-refractivity contribution is 7.16. The van der Waals surface area contributed by atoms with Crippen LogP contribution in [-0.2, 0) is 20.9 Å². The van der Waals surface area contributed by atoms with Crippen LogP contribution in [0.4, 0.5) is 5.69 Å². The third kappa shape index (κ3) is 4.87. The van der Waals surface area contributed by atoms with Gasteiger partial charge in [0.2, 0.25) is 0 Å². The molecule has 0 aliphatic heterocycles. The maximum Gasteiger partial charge on any atom is 0.308 e. The van der Waals surface area contributed by atoms with E-state index < -0.39 is 18.5 Å². The lowest BCUT2D eigenvalue weighted by molar-refractivity contribution is -0.147. The molecular formula is C23H19N3O4S. The summed E-state index contributed by atoms with van der Waals surface area (Å²) in [7, 11) is 0. The summed E-state index contributed by atoms with van der Waals surface area (Å²) in [5.41, 5.74) is 2.28. The monoisotopic (exact) mass is 433 g/mol. The van der Waals surface area contributed by atoms with Crippen molar-refractivity contribution in [1.82, 2.24) is 9.55 Å². The third-order valence-corrected chi connectivity index (χ3v) is 5.48. The molecule has 0 fully saturated rings. The Hall–Kier alpha value is -3.78. The predicted molar refractivity (Wildman–Crippen MR) is 120 cm³/mol. The second-order valence-electron chi connectivity index (χ2n) is 6.75. The molecule has 31 heavy (non-hydrogen) atoms. The number of hydrogen-bond acceptors (Lipinski definition) is 6. The average molecular weight is 433 g/mol. The van der Waals surface area contributed by atoms with E-state index in [0.717, 1.165) is 11.1 Å². The predicted octanol–water partition coefficient (Wildman–Crippen LogP) is 3.70. The molecule has 0 radical (unpaired) electrons. The zero-order valence-electron chi connectivity index (χ0n) is 16.5. The lowest BCUT2D eigenvalue weighted by atomic mass is 10.0. The Kier molecular flexibility index (Phi) is 6.18. The van der Waals surface area contributed by atoms with Crippen molar-refractivity contribution in [2.75, 3.05) is 11.9 Å². The molecule has 0 unspecified atom stereocenters. The van der Waals surface area contributed by atoms with Gasteiger partial charge in [-0.1, -0.05) is 48.5 Å². The summed E-state index contributed by atoms with van der Waals surface area (Å²) in [4.78, 5) is 41.5. The van der Waals surface area contributed by atoms with Crippen molar-refractivity contribution in [2.45, 2.75) is 13.0 Å². The molecule has 1 amide bonds. The van der Waals surface area contributed by atoms with Gasteiger partial charge in [-0.25, -0.2) is 4.98 Å². The number of esters is 1. The van der Waals surface area contributed by atoms with Crippen LogP contribution in [0, 0.1) is 0 Å². The first-order chi connectivity index (χ1) is 15.1. The van der Waals surface area contributed by atoms with E-state index in [-0.39, 0.29) is 18.5 Å². The summed E-state index contributed by atoms with van der Waals surface area (Å²) in [6.07, 6.45) is 1.38.